The van der Waals surface area contributed by atoms with E-state index in [1.807, 2.05) is 36.4 Å². The second-order valence-electron chi connectivity index (χ2n) is 8.38. The number of carbonyl (C=O) groups excluding carboxylic acids is 2. The lowest BCUT2D eigenvalue weighted by Gasteiger charge is -2.51. The van der Waals surface area contributed by atoms with Gasteiger partial charge in [-0.1, -0.05) is 30.3 Å². The number of carboxylic acid groups (broad SMARTS) is 1. The molecule has 0 aliphatic carbocycles. The molecule has 2 heterocycles. The monoisotopic (exact) mass is 539 g/mol. The molecule has 0 bridgehead atoms. The summed E-state index contributed by atoms with van der Waals surface area (Å²) in [6, 6.07) is 9.60. The fraction of sp³-hybridized carbons (Fsp3) is 0.381. The number of nitrogens with two attached hydrogens (primary N) is 1. The number of rotatable bonds is 4. The summed E-state index contributed by atoms with van der Waals surface area (Å²) in [4.78, 5) is 39.1. The Hall–Kier alpha value is -1.85. The van der Waals surface area contributed by atoms with Crippen molar-refractivity contribution in [2.24, 2.45) is 5.73 Å². The van der Waals surface area contributed by atoms with Gasteiger partial charge in [-0.2, -0.15) is 0 Å². The van der Waals surface area contributed by atoms with Gasteiger partial charge in [0.15, 0.2) is 0 Å². The third-order valence-corrected chi connectivity index (χ3v) is 8.55. The Kier molecular flexibility index (Phi) is 5.06. The second kappa shape index (κ2) is 7.10. The van der Waals surface area contributed by atoms with Crippen LogP contribution in [-0.2, 0) is 14.4 Å². The van der Waals surface area contributed by atoms with Crippen LogP contribution in [-0.4, -0.2) is 49.5 Å². The maximum Gasteiger partial charge on any atom is 0.327 e. The van der Waals surface area contributed by atoms with Gasteiger partial charge in [0, 0.05) is 13.7 Å². The summed E-state index contributed by atoms with van der Waals surface area (Å²) in [6.07, 6.45) is 0. The van der Waals surface area contributed by atoms with Gasteiger partial charge in [-0.15, -0.1) is 11.8 Å². The van der Waals surface area contributed by atoms with Crippen LogP contribution >= 0.6 is 34.4 Å². The smallest absolute Gasteiger partial charge is 0.327 e. The zero-order valence-corrected chi connectivity index (χ0v) is 19.7. The first-order chi connectivity index (χ1) is 14.0. The number of benzene rings is 2. The predicted molar refractivity (Wildman–Crippen MR) is 124 cm³/mol. The van der Waals surface area contributed by atoms with Crippen molar-refractivity contribution < 1.29 is 19.5 Å². The minimum Gasteiger partial charge on any atom is -0.480 e. The minimum atomic E-state index is -1.20. The summed E-state index contributed by atoms with van der Waals surface area (Å²) >= 11 is 3.60. The predicted octanol–water partition coefficient (Wildman–Crippen LogP) is 2.47. The van der Waals surface area contributed by atoms with Crippen molar-refractivity contribution in [3.05, 3.63) is 45.5 Å². The third-order valence-electron chi connectivity index (χ3n) is 5.90. The lowest BCUT2D eigenvalue weighted by atomic mass is 9.85. The number of β-lactam (4-membered cyclic amide) rings is 1. The van der Waals surface area contributed by atoms with Gasteiger partial charge in [-0.05, 0) is 60.4 Å². The van der Waals surface area contributed by atoms with Crippen molar-refractivity contribution in [2.45, 2.75) is 48.5 Å². The number of nitrogens with zero attached hydrogens (tertiary/aromatic N) is 1. The van der Waals surface area contributed by atoms with E-state index in [0.29, 0.717) is 5.56 Å². The number of nitrogens with one attached hydrogen (secondary N) is 1. The number of aliphatic carboxylic acids is 1. The molecule has 0 radical (unpaired) electrons. The summed E-state index contributed by atoms with van der Waals surface area (Å²) in [5.74, 6) is -1.90. The van der Waals surface area contributed by atoms with Crippen LogP contribution in [0.1, 0.15) is 32.4 Å². The quantitative estimate of drug-likeness (QED) is 0.407. The van der Waals surface area contributed by atoms with E-state index >= 15 is 0 Å². The van der Waals surface area contributed by atoms with E-state index in [0.717, 1.165) is 14.3 Å². The van der Waals surface area contributed by atoms with Crippen molar-refractivity contribution in [3.63, 3.8) is 0 Å². The highest BCUT2D eigenvalue weighted by atomic mass is 127. The molecule has 2 aromatic rings. The van der Waals surface area contributed by atoms with Crippen LogP contribution in [0.4, 0.5) is 0 Å². The summed E-state index contributed by atoms with van der Waals surface area (Å²) < 4.78 is 0.321. The Bertz CT molecular complexity index is 1090. The molecule has 2 amide bonds. The average Bonchev–Trinajstić information content (AvgIpc) is 2.96. The number of hydrogen-bond acceptors (Lipinski definition) is 5. The van der Waals surface area contributed by atoms with E-state index in [1.165, 1.54) is 16.7 Å². The molecule has 4 N–H and O–H groups in total. The van der Waals surface area contributed by atoms with Crippen LogP contribution in [0, 0.1) is 3.57 Å². The summed E-state index contributed by atoms with van der Waals surface area (Å²) in [6.45, 7) is 5.24. The Morgan fingerprint density at radius 1 is 1.23 bits per heavy atom. The lowest BCUT2D eigenvalue weighted by Crippen LogP contribution is -2.78. The van der Waals surface area contributed by atoms with Crippen LogP contribution in [0.3, 0.4) is 0 Å². The molecule has 30 heavy (non-hydrogen) atoms. The Labute approximate surface area is 191 Å². The summed E-state index contributed by atoms with van der Waals surface area (Å²) in [5.41, 5.74) is 5.82. The van der Waals surface area contributed by atoms with Crippen molar-refractivity contribution >= 4 is 62.9 Å². The van der Waals surface area contributed by atoms with E-state index in [9.17, 15) is 19.5 Å². The molecule has 9 heteroatoms. The van der Waals surface area contributed by atoms with E-state index in [4.69, 9.17) is 5.73 Å². The van der Waals surface area contributed by atoms with E-state index in [2.05, 4.69) is 27.9 Å². The molecule has 2 aliphatic rings. The SMILES string of the molecule is CC1(C)S[C@H]2N(C(=O)[C@]2(C)NC(=O)C(N)c2cccc3cccc(I)c23)[C@H]1C(=O)O. The number of hydrogen-bond donors (Lipinski definition) is 3. The first-order valence-electron chi connectivity index (χ1n) is 9.47. The van der Waals surface area contributed by atoms with Gasteiger partial charge in [-0.25, -0.2) is 4.79 Å². The summed E-state index contributed by atoms with van der Waals surface area (Å²) in [7, 11) is 0. The van der Waals surface area contributed by atoms with Crippen molar-refractivity contribution in [1.29, 1.82) is 0 Å². The number of thioether (sulfide) groups is 1. The second-order valence-corrected chi connectivity index (χ2v) is 11.3. The standard InChI is InChI=1S/C21H22IN3O4S/c1-20(2)15(17(27)28)25-18(29)21(3,19(25)30-20)24-16(26)14(23)11-8-4-6-10-7-5-9-12(22)13(10)11/h4-9,14-15,19H,23H2,1-3H3,(H,24,26)(H,27,28)/t14?,15-,19+,21-/m0/s1. The van der Waals surface area contributed by atoms with Crippen molar-refractivity contribution in [1.82, 2.24) is 10.2 Å². The average molecular weight is 539 g/mol. The largest absolute Gasteiger partial charge is 0.480 e. The number of carboxylic acids is 1. The van der Waals surface area contributed by atoms with Crippen molar-refractivity contribution in [3.8, 4) is 0 Å². The fourth-order valence-corrected chi connectivity index (χ4v) is 6.87. The van der Waals surface area contributed by atoms with Crippen LogP contribution < -0.4 is 11.1 Å². The van der Waals surface area contributed by atoms with Gasteiger partial charge in [-0.3, -0.25) is 9.59 Å². The number of halogens is 1. The molecule has 2 aromatic carbocycles. The van der Waals surface area contributed by atoms with Gasteiger partial charge >= 0.3 is 5.97 Å². The van der Waals surface area contributed by atoms with Crippen LogP contribution in [0.2, 0.25) is 0 Å². The van der Waals surface area contributed by atoms with E-state index in [-0.39, 0.29) is 0 Å². The Morgan fingerprint density at radius 3 is 2.50 bits per heavy atom. The fourth-order valence-electron chi connectivity index (χ4n) is 4.40. The zero-order chi connectivity index (χ0) is 22.0. The van der Waals surface area contributed by atoms with E-state index in [1.54, 1.807) is 20.8 Å². The topological polar surface area (TPSA) is 113 Å². The van der Waals surface area contributed by atoms with Crippen molar-refractivity contribution in [2.75, 3.05) is 0 Å². The summed E-state index contributed by atoms with van der Waals surface area (Å²) in [5, 5.41) is 13.9. The molecule has 2 fully saturated rings. The molecule has 0 aromatic heterocycles. The maximum absolute atomic E-state index is 13.1. The molecule has 4 rings (SSSR count). The highest BCUT2D eigenvalue weighted by Gasteiger charge is 2.70. The molecule has 158 valence electrons. The zero-order valence-electron chi connectivity index (χ0n) is 16.7. The van der Waals surface area contributed by atoms with Gasteiger partial charge < -0.3 is 21.1 Å². The van der Waals surface area contributed by atoms with Gasteiger partial charge in [0.2, 0.25) is 5.91 Å². The first kappa shape index (κ1) is 21.4. The Balaban J connectivity index is 1.61. The Morgan fingerprint density at radius 2 is 1.87 bits per heavy atom. The molecular formula is C21H22IN3O4S. The lowest BCUT2D eigenvalue weighted by molar-refractivity contribution is -0.168. The molecular weight excluding hydrogens is 517 g/mol. The van der Waals surface area contributed by atoms with Gasteiger partial charge in [0.25, 0.3) is 5.91 Å². The number of carbonyl (C=O) groups is 3. The molecule has 4 atom stereocenters. The molecule has 0 spiro atoms. The van der Waals surface area contributed by atoms with Crippen LogP contribution in [0.15, 0.2) is 36.4 Å². The van der Waals surface area contributed by atoms with E-state index < -0.39 is 45.5 Å². The third kappa shape index (κ3) is 3.01. The molecule has 2 saturated heterocycles. The number of fused-ring (bicyclic) bond motifs is 2. The van der Waals surface area contributed by atoms with Gasteiger partial charge in [0.05, 0.1) is 0 Å². The van der Waals surface area contributed by atoms with Gasteiger partial charge in [0.1, 0.15) is 23.0 Å². The minimum absolute atomic E-state index is 0.397. The molecule has 1 unspecified atom stereocenters. The first-order valence-corrected chi connectivity index (χ1v) is 11.4. The highest BCUT2D eigenvalue weighted by molar-refractivity contribution is 14.1. The van der Waals surface area contributed by atoms with Crippen LogP contribution in [0.5, 0.6) is 0 Å². The maximum atomic E-state index is 13.1. The molecule has 0 saturated carbocycles. The highest BCUT2D eigenvalue weighted by Crippen LogP contribution is 2.54. The van der Waals surface area contributed by atoms with Crippen LogP contribution in [0.25, 0.3) is 10.8 Å². The number of amides is 2. The molecule has 2 aliphatic heterocycles. The normalized spacial score (nSPS) is 28.0. The molecule has 7 nitrogen and oxygen atoms in total.